The first-order valence-electron chi connectivity index (χ1n) is 10.2. The lowest BCUT2D eigenvalue weighted by molar-refractivity contribution is -0.123. The van der Waals surface area contributed by atoms with Gasteiger partial charge in [-0.2, -0.15) is 0 Å². The number of ether oxygens (including phenoxy) is 1. The summed E-state index contributed by atoms with van der Waals surface area (Å²) in [6.07, 6.45) is 0.412. The number of nitrogens with one attached hydrogen (secondary N) is 2. The van der Waals surface area contributed by atoms with Gasteiger partial charge in [0.1, 0.15) is 0 Å². The molecule has 1 aliphatic rings. The number of hydrogen-bond acceptors (Lipinski definition) is 6. The van der Waals surface area contributed by atoms with Gasteiger partial charge >= 0.3 is 0 Å². The molecule has 0 spiro atoms. The molecule has 0 saturated carbocycles. The molecule has 162 valence electrons. The van der Waals surface area contributed by atoms with E-state index in [1.54, 1.807) is 24.3 Å². The number of anilines is 2. The summed E-state index contributed by atoms with van der Waals surface area (Å²) in [6.45, 7) is 12.2. The zero-order valence-corrected chi connectivity index (χ0v) is 19.0. The number of benzene rings is 1. The van der Waals surface area contributed by atoms with Crippen LogP contribution in [0, 0.1) is 5.41 Å². The number of morpholine rings is 1. The Balaban J connectivity index is 1.60. The maximum atomic E-state index is 12.7. The third-order valence-corrected chi connectivity index (χ3v) is 5.52. The number of amides is 2. The van der Waals surface area contributed by atoms with E-state index in [1.807, 2.05) is 26.2 Å². The molecule has 3 rings (SSSR count). The number of hydrogen-bond donors (Lipinski definition) is 2. The van der Waals surface area contributed by atoms with Gasteiger partial charge in [-0.3, -0.25) is 19.8 Å². The van der Waals surface area contributed by atoms with E-state index >= 15 is 0 Å². The largest absolute Gasteiger partial charge is 0.373 e. The van der Waals surface area contributed by atoms with Gasteiger partial charge in [0.25, 0.3) is 5.91 Å². The summed E-state index contributed by atoms with van der Waals surface area (Å²) in [6, 6.07) is 6.91. The van der Waals surface area contributed by atoms with E-state index in [4.69, 9.17) is 4.74 Å². The molecule has 1 aromatic heterocycles. The maximum absolute atomic E-state index is 12.7. The fourth-order valence-electron chi connectivity index (χ4n) is 3.31. The van der Waals surface area contributed by atoms with Crippen molar-refractivity contribution in [2.75, 3.05) is 23.7 Å². The maximum Gasteiger partial charge on any atom is 0.257 e. The molecule has 7 nitrogen and oxygen atoms in total. The number of rotatable bonds is 5. The van der Waals surface area contributed by atoms with Crippen molar-refractivity contribution in [3.8, 4) is 0 Å². The smallest absolute Gasteiger partial charge is 0.257 e. The van der Waals surface area contributed by atoms with E-state index < -0.39 is 5.41 Å². The summed E-state index contributed by atoms with van der Waals surface area (Å²) < 4.78 is 5.77. The van der Waals surface area contributed by atoms with Crippen LogP contribution in [0.5, 0.6) is 0 Å². The number of carbonyl (C=O) groups is 2. The zero-order chi connectivity index (χ0) is 21.9. The van der Waals surface area contributed by atoms with Gasteiger partial charge < -0.3 is 10.1 Å². The van der Waals surface area contributed by atoms with Crippen LogP contribution in [0.25, 0.3) is 0 Å². The molecular formula is C22H30N4O3S. The minimum Gasteiger partial charge on any atom is -0.373 e. The van der Waals surface area contributed by atoms with Crippen LogP contribution in [0.15, 0.2) is 29.6 Å². The van der Waals surface area contributed by atoms with E-state index in [0.717, 1.165) is 25.3 Å². The lowest BCUT2D eigenvalue weighted by Gasteiger charge is -2.34. The Morgan fingerprint density at radius 3 is 2.57 bits per heavy atom. The second kappa shape index (κ2) is 9.24. The van der Waals surface area contributed by atoms with E-state index in [2.05, 4.69) is 34.4 Å². The van der Waals surface area contributed by atoms with Crippen LogP contribution < -0.4 is 10.6 Å². The van der Waals surface area contributed by atoms with Crippen molar-refractivity contribution in [2.24, 2.45) is 5.41 Å². The fraction of sp³-hybridized carbons (Fsp3) is 0.500. The van der Waals surface area contributed by atoms with Gasteiger partial charge in [-0.25, -0.2) is 4.98 Å². The van der Waals surface area contributed by atoms with Crippen LogP contribution in [0.1, 0.15) is 50.7 Å². The lowest BCUT2D eigenvalue weighted by Crippen LogP contribution is -2.44. The van der Waals surface area contributed by atoms with Gasteiger partial charge in [0.15, 0.2) is 5.13 Å². The third kappa shape index (κ3) is 6.10. The summed E-state index contributed by atoms with van der Waals surface area (Å²) in [7, 11) is 0. The molecule has 0 radical (unpaired) electrons. The zero-order valence-electron chi connectivity index (χ0n) is 18.2. The van der Waals surface area contributed by atoms with E-state index in [0.29, 0.717) is 16.4 Å². The topological polar surface area (TPSA) is 83.6 Å². The molecular weight excluding hydrogens is 400 g/mol. The Kier molecular flexibility index (Phi) is 6.90. The average molecular weight is 431 g/mol. The highest BCUT2D eigenvalue weighted by atomic mass is 32.1. The Morgan fingerprint density at radius 1 is 1.20 bits per heavy atom. The molecule has 2 aromatic rings. The average Bonchev–Trinajstić information content (AvgIpc) is 3.07. The highest BCUT2D eigenvalue weighted by Crippen LogP contribution is 2.21. The summed E-state index contributed by atoms with van der Waals surface area (Å²) >= 11 is 1.41. The number of nitrogens with zero attached hydrogens (tertiary/aromatic N) is 2. The molecule has 1 fully saturated rings. The summed E-state index contributed by atoms with van der Waals surface area (Å²) in [5.41, 5.74) is 1.49. The number of aromatic nitrogens is 1. The molecule has 30 heavy (non-hydrogen) atoms. The molecule has 1 aliphatic heterocycles. The molecule has 2 N–H and O–H groups in total. The first-order chi connectivity index (χ1) is 14.1. The molecule has 2 atom stereocenters. The molecule has 2 heterocycles. The van der Waals surface area contributed by atoms with Crippen LogP contribution in [0.4, 0.5) is 10.8 Å². The van der Waals surface area contributed by atoms with E-state index in [9.17, 15) is 9.59 Å². The van der Waals surface area contributed by atoms with Crippen molar-refractivity contribution in [2.45, 2.75) is 53.4 Å². The normalized spacial score (nSPS) is 20.0. The van der Waals surface area contributed by atoms with Crippen LogP contribution in [0.2, 0.25) is 0 Å². The first-order valence-corrected chi connectivity index (χ1v) is 11.0. The quantitative estimate of drug-likeness (QED) is 0.749. The van der Waals surface area contributed by atoms with Crippen LogP contribution in [-0.2, 0) is 16.1 Å². The van der Waals surface area contributed by atoms with Crippen molar-refractivity contribution in [3.63, 3.8) is 0 Å². The molecule has 1 saturated heterocycles. The van der Waals surface area contributed by atoms with Crippen LogP contribution in [0.3, 0.4) is 0 Å². The van der Waals surface area contributed by atoms with E-state index in [-0.39, 0.29) is 24.0 Å². The predicted molar refractivity (Wildman–Crippen MR) is 120 cm³/mol. The molecule has 0 bridgehead atoms. The number of thiazole rings is 1. The summed E-state index contributed by atoms with van der Waals surface area (Å²) in [5.74, 6) is -0.354. The third-order valence-electron chi connectivity index (χ3n) is 4.72. The van der Waals surface area contributed by atoms with Gasteiger partial charge in [0, 0.05) is 41.7 Å². The van der Waals surface area contributed by atoms with Gasteiger partial charge in [-0.15, -0.1) is 11.3 Å². The van der Waals surface area contributed by atoms with Crippen LogP contribution in [-0.4, -0.2) is 47.0 Å². The van der Waals surface area contributed by atoms with E-state index in [1.165, 1.54) is 11.3 Å². The molecule has 8 heteroatoms. The second-order valence-corrected chi connectivity index (χ2v) is 9.69. The highest BCUT2D eigenvalue weighted by Gasteiger charge is 2.23. The Morgan fingerprint density at radius 2 is 1.90 bits per heavy atom. The Labute approximate surface area is 181 Å². The standard InChI is InChI=1S/C22H30N4O3S/c1-14-10-26(11-15(2)29-14)12-18-13-30-21(24-18)25-19(27)16-7-6-8-17(9-16)23-20(28)22(3,4)5/h6-9,13-15H,10-12H2,1-5H3,(H,23,28)(H,24,25,27). The van der Waals surface area contributed by atoms with Crippen molar-refractivity contribution in [1.29, 1.82) is 0 Å². The van der Waals surface area contributed by atoms with Gasteiger partial charge in [-0.1, -0.05) is 26.8 Å². The van der Waals surface area contributed by atoms with Gasteiger partial charge in [0.2, 0.25) is 5.91 Å². The Bertz CT molecular complexity index is 896. The molecule has 1 aromatic carbocycles. The SMILES string of the molecule is CC1CN(Cc2csc(NC(=O)c3cccc(NC(=O)C(C)(C)C)c3)n2)CC(C)O1. The van der Waals surface area contributed by atoms with Crippen molar-refractivity contribution < 1.29 is 14.3 Å². The van der Waals surface area contributed by atoms with Gasteiger partial charge in [0.05, 0.1) is 17.9 Å². The number of carbonyl (C=O) groups excluding carboxylic acids is 2. The van der Waals surface area contributed by atoms with Gasteiger partial charge in [-0.05, 0) is 32.0 Å². The van der Waals surface area contributed by atoms with Crippen molar-refractivity contribution in [1.82, 2.24) is 9.88 Å². The minimum absolute atomic E-state index is 0.101. The fourth-order valence-corrected chi connectivity index (χ4v) is 4.00. The minimum atomic E-state index is -0.508. The van der Waals surface area contributed by atoms with Crippen molar-refractivity contribution in [3.05, 3.63) is 40.9 Å². The summed E-state index contributed by atoms with van der Waals surface area (Å²) in [5, 5.41) is 8.24. The molecule has 2 unspecified atom stereocenters. The predicted octanol–water partition coefficient (Wildman–Crippen LogP) is 3.99. The summed E-state index contributed by atoms with van der Waals surface area (Å²) in [4.78, 5) is 31.7. The highest BCUT2D eigenvalue weighted by molar-refractivity contribution is 7.14. The second-order valence-electron chi connectivity index (χ2n) is 8.83. The first kappa shape index (κ1) is 22.4. The Hall–Kier alpha value is -2.29. The van der Waals surface area contributed by atoms with Crippen molar-refractivity contribution >= 4 is 34.0 Å². The molecule has 2 amide bonds. The lowest BCUT2D eigenvalue weighted by atomic mass is 9.95. The monoisotopic (exact) mass is 430 g/mol. The molecule has 0 aliphatic carbocycles. The van der Waals surface area contributed by atoms with Crippen LogP contribution >= 0.6 is 11.3 Å².